The van der Waals surface area contributed by atoms with Crippen LogP contribution in [0.1, 0.15) is 45.9 Å². The molecule has 0 spiro atoms. The third-order valence-electron chi connectivity index (χ3n) is 3.80. The van der Waals surface area contributed by atoms with Crippen molar-refractivity contribution in [1.82, 2.24) is 20.8 Å². The minimum Gasteiger partial charge on any atom is -0.361 e. The van der Waals surface area contributed by atoms with Crippen LogP contribution in [0.25, 0.3) is 0 Å². The van der Waals surface area contributed by atoms with Crippen LogP contribution in [-0.2, 0) is 13.0 Å². The molecular formula is C17H27N5OS. The summed E-state index contributed by atoms with van der Waals surface area (Å²) >= 11 is 1.71. The molecule has 0 aromatic carbocycles. The fraction of sp³-hybridized carbons (Fsp3) is 0.588. The third kappa shape index (κ3) is 5.06. The molecule has 0 aliphatic carbocycles. The van der Waals surface area contributed by atoms with Crippen molar-refractivity contribution >= 4 is 17.3 Å². The zero-order valence-corrected chi connectivity index (χ0v) is 16.0. The molecule has 2 rings (SSSR count). The number of hydrogen-bond donors (Lipinski definition) is 2. The number of rotatable bonds is 7. The first-order valence-electron chi connectivity index (χ1n) is 8.38. The zero-order valence-electron chi connectivity index (χ0n) is 15.2. The standard InChI is InChI=1S/C17H27N5OS/c1-6-18-17(20-10-16-12(3)21-14(5)24-16)19-9-7-8-15-11(2)22-23-13(15)4/h6-10H2,1-5H3,(H2,18,19,20). The van der Waals surface area contributed by atoms with Gasteiger partial charge >= 0.3 is 0 Å². The maximum absolute atomic E-state index is 5.20. The molecule has 0 atom stereocenters. The molecule has 0 amide bonds. The summed E-state index contributed by atoms with van der Waals surface area (Å²) in [4.78, 5) is 10.3. The molecule has 0 aliphatic rings. The zero-order chi connectivity index (χ0) is 17.5. The van der Waals surface area contributed by atoms with E-state index in [4.69, 9.17) is 4.52 Å². The highest BCUT2D eigenvalue weighted by atomic mass is 32.1. The van der Waals surface area contributed by atoms with Gasteiger partial charge in [-0.05, 0) is 47.5 Å². The lowest BCUT2D eigenvalue weighted by atomic mass is 10.1. The largest absolute Gasteiger partial charge is 0.361 e. The van der Waals surface area contributed by atoms with Crippen LogP contribution in [0.15, 0.2) is 9.52 Å². The van der Waals surface area contributed by atoms with Crippen molar-refractivity contribution in [3.8, 4) is 0 Å². The Kier molecular flexibility index (Phi) is 6.78. The Balaban J connectivity index is 1.84. The monoisotopic (exact) mass is 349 g/mol. The van der Waals surface area contributed by atoms with Gasteiger partial charge in [0.1, 0.15) is 5.76 Å². The van der Waals surface area contributed by atoms with Crippen molar-refractivity contribution < 1.29 is 4.52 Å². The van der Waals surface area contributed by atoms with Gasteiger partial charge in [-0.1, -0.05) is 5.16 Å². The van der Waals surface area contributed by atoms with Gasteiger partial charge in [0.2, 0.25) is 0 Å². The highest BCUT2D eigenvalue weighted by Gasteiger charge is 2.08. The Morgan fingerprint density at radius 2 is 1.96 bits per heavy atom. The van der Waals surface area contributed by atoms with Crippen molar-refractivity contribution in [2.24, 2.45) is 4.99 Å². The Morgan fingerprint density at radius 1 is 1.17 bits per heavy atom. The van der Waals surface area contributed by atoms with E-state index < -0.39 is 0 Å². The molecule has 7 heteroatoms. The Hall–Kier alpha value is -1.89. The third-order valence-corrected chi connectivity index (χ3v) is 4.86. The fourth-order valence-corrected chi connectivity index (χ4v) is 3.41. The van der Waals surface area contributed by atoms with Gasteiger partial charge in [0.25, 0.3) is 0 Å². The van der Waals surface area contributed by atoms with Crippen LogP contribution in [0, 0.1) is 27.7 Å². The minimum atomic E-state index is 0.663. The van der Waals surface area contributed by atoms with Crippen molar-refractivity contribution in [1.29, 1.82) is 0 Å². The molecule has 2 aromatic heterocycles. The average Bonchev–Trinajstić information content (AvgIpc) is 3.03. The number of aromatic nitrogens is 2. The number of aliphatic imine (C=N–C) groups is 1. The molecule has 0 bridgehead atoms. The highest BCUT2D eigenvalue weighted by molar-refractivity contribution is 7.11. The van der Waals surface area contributed by atoms with E-state index in [1.807, 2.05) is 27.7 Å². The maximum atomic E-state index is 5.20. The summed E-state index contributed by atoms with van der Waals surface area (Å²) in [5, 5.41) is 11.8. The van der Waals surface area contributed by atoms with E-state index in [0.717, 1.165) is 54.0 Å². The van der Waals surface area contributed by atoms with Gasteiger partial charge in [0.15, 0.2) is 5.96 Å². The van der Waals surface area contributed by atoms with Gasteiger partial charge in [-0.25, -0.2) is 9.98 Å². The molecule has 24 heavy (non-hydrogen) atoms. The van der Waals surface area contributed by atoms with E-state index >= 15 is 0 Å². The van der Waals surface area contributed by atoms with Crippen LogP contribution in [0.5, 0.6) is 0 Å². The van der Waals surface area contributed by atoms with E-state index in [2.05, 4.69) is 32.7 Å². The van der Waals surface area contributed by atoms with Gasteiger partial charge in [0, 0.05) is 23.5 Å². The quantitative estimate of drug-likeness (QED) is 0.456. The Bertz CT molecular complexity index is 670. The Labute approximate surface area is 147 Å². The smallest absolute Gasteiger partial charge is 0.191 e. The first-order valence-corrected chi connectivity index (χ1v) is 9.19. The number of nitrogens with one attached hydrogen (secondary N) is 2. The van der Waals surface area contributed by atoms with Gasteiger partial charge in [-0.2, -0.15) is 0 Å². The topological polar surface area (TPSA) is 75.3 Å². The SMILES string of the molecule is CCNC(=NCc1sc(C)nc1C)NCCCc1c(C)noc1C. The summed E-state index contributed by atoms with van der Waals surface area (Å²) in [7, 11) is 0. The summed E-state index contributed by atoms with van der Waals surface area (Å²) in [6.45, 7) is 12.5. The molecule has 0 saturated carbocycles. The normalized spacial score (nSPS) is 11.8. The second-order valence-corrected chi connectivity index (χ2v) is 7.06. The fourth-order valence-electron chi connectivity index (χ4n) is 2.54. The molecule has 132 valence electrons. The number of nitrogens with zero attached hydrogens (tertiary/aromatic N) is 3. The van der Waals surface area contributed by atoms with Gasteiger partial charge in [0.05, 0.1) is 22.9 Å². The predicted molar refractivity (Wildman–Crippen MR) is 98.7 cm³/mol. The first-order chi connectivity index (χ1) is 11.5. The van der Waals surface area contributed by atoms with Crippen LogP contribution >= 0.6 is 11.3 Å². The van der Waals surface area contributed by atoms with Gasteiger partial charge in [-0.3, -0.25) is 0 Å². The molecule has 2 aromatic rings. The van der Waals surface area contributed by atoms with Crippen LogP contribution in [-0.4, -0.2) is 29.2 Å². The van der Waals surface area contributed by atoms with Gasteiger partial charge in [-0.15, -0.1) is 11.3 Å². The molecule has 0 fully saturated rings. The van der Waals surface area contributed by atoms with Crippen molar-refractivity contribution in [2.45, 2.75) is 54.0 Å². The van der Waals surface area contributed by atoms with Gasteiger partial charge < -0.3 is 15.2 Å². The molecule has 6 nitrogen and oxygen atoms in total. The van der Waals surface area contributed by atoms with Crippen LogP contribution < -0.4 is 10.6 Å². The van der Waals surface area contributed by atoms with E-state index in [1.54, 1.807) is 11.3 Å². The molecule has 0 unspecified atom stereocenters. The van der Waals surface area contributed by atoms with Crippen LogP contribution in [0.3, 0.4) is 0 Å². The molecule has 0 radical (unpaired) electrons. The van der Waals surface area contributed by atoms with Crippen molar-refractivity contribution in [3.05, 3.63) is 32.6 Å². The lowest BCUT2D eigenvalue weighted by Gasteiger charge is -2.11. The maximum Gasteiger partial charge on any atom is 0.191 e. The van der Waals surface area contributed by atoms with E-state index in [9.17, 15) is 0 Å². The first kappa shape index (κ1) is 18.4. The lowest BCUT2D eigenvalue weighted by molar-refractivity contribution is 0.392. The highest BCUT2D eigenvalue weighted by Crippen LogP contribution is 2.17. The molecular weight excluding hydrogens is 322 g/mol. The van der Waals surface area contributed by atoms with Crippen LogP contribution in [0.4, 0.5) is 0 Å². The molecule has 0 saturated heterocycles. The summed E-state index contributed by atoms with van der Waals surface area (Å²) < 4.78 is 5.20. The number of aryl methyl sites for hydroxylation is 4. The van der Waals surface area contributed by atoms with E-state index in [-0.39, 0.29) is 0 Å². The van der Waals surface area contributed by atoms with Crippen molar-refractivity contribution in [2.75, 3.05) is 13.1 Å². The average molecular weight is 350 g/mol. The number of guanidine groups is 1. The molecule has 0 aliphatic heterocycles. The second kappa shape index (κ2) is 8.82. The second-order valence-electron chi connectivity index (χ2n) is 5.77. The predicted octanol–water partition coefficient (Wildman–Crippen LogP) is 3.05. The van der Waals surface area contributed by atoms with E-state index in [1.165, 1.54) is 10.4 Å². The lowest BCUT2D eigenvalue weighted by Crippen LogP contribution is -2.37. The summed E-state index contributed by atoms with van der Waals surface area (Å²) in [6, 6.07) is 0. The van der Waals surface area contributed by atoms with Crippen LogP contribution in [0.2, 0.25) is 0 Å². The number of hydrogen-bond acceptors (Lipinski definition) is 5. The molecule has 2 N–H and O–H groups in total. The minimum absolute atomic E-state index is 0.663. The summed E-state index contributed by atoms with van der Waals surface area (Å²) in [5.74, 6) is 1.77. The summed E-state index contributed by atoms with van der Waals surface area (Å²) in [6.07, 6.45) is 1.97. The van der Waals surface area contributed by atoms with Crippen molar-refractivity contribution in [3.63, 3.8) is 0 Å². The number of thiazole rings is 1. The van der Waals surface area contributed by atoms with E-state index in [0.29, 0.717) is 6.54 Å². The summed E-state index contributed by atoms with van der Waals surface area (Å²) in [5.41, 5.74) is 3.29. The molecule has 2 heterocycles. The Morgan fingerprint density at radius 3 is 2.54 bits per heavy atom.